The molecule has 0 bridgehead atoms. The van der Waals surface area contributed by atoms with Gasteiger partial charge in [-0.05, 0) is 36.2 Å². The van der Waals surface area contributed by atoms with Crippen LogP contribution in [0.25, 0.3) is 0 Å². The van der Waals surface area contributed by atoms with Crippen molar-refractivity contribution in [3.63, 3.8) is 0 Å². The van der Waals surface area contributed by atoms with E-state index in [-0.39, 0.29) is 6.04 Å². The van der Waals surface area contributed by atoms with Gasteiger partial charge in [0.15, 0.2) is 0 Å². The first-order chi connectivity index (χ1) is 8.19. The normalized spacial score (nSPS) is 12.6. The maximum atomic E-state index is 6.19. The third-order valence-corrected chi connectivity index (χ3v) is 4.29. The van der Waals surface area contributed by atoms with Gasteiger partial charge in [-0.25, -0.2) is 0 Å². The lowest BCUT2D eigenvalue weighted by molar-refractivity contribution is 0.730. The van der Waals surface area contributed by atoms with Gasteiger partial charge in [0.1, 0.15) is 0 Å². The Labute approximate surface area is 111 Å². The quantitative estimate of drug-likeness (QED) is 0.881. The molecule has 2 N–H and O–H groups in total. The number of benzene rings is 1. The summed E-state index contributed by atoms with van der Waals surface area (Å²) in [6, 6.07) is 12.2. The van der Waals surface area contributed by atoms with Gasteiger partial charge in [-0.15, -0.1) is 11.3 Å². The highest BCUT2D eigenvalue weighted by Crippen LogP contribution is 2.23. The van der Waals surface area contributed by atoms with Crippen LogP contribution in [0.15, 0.2) is 36.4 Å². The van der Waals surface area contributed by atoms with E-state index < -0.39 is 0 Å². The van der Waals surface area contributed by atoms with E-state index in [1.807, 2.05) is 35.6 Å². The van der Waals surface area contributed by atoms with Crippen molar-refractivity contribution in [2.75, 3.05) is 0 Å². The highest BCUT2D eigenvalue weighted by atomic mass is 35.5. The maximum Gasteiger partial charge on any atom is 0.0406 e. The van der Waals surface area contributed by atoms with Crippen LogP contribution in [0.5, 0.6) is 0 Å². The molecule has 1 unspecified atom stereocenters. The average Bonchev–Trinajstić information content (AvgIpc) is 2.77. The molecular formula is C14H16ClNS. The van der Waals surface area contributed by atoms with E-state index in [2.05, 4.69) is 19.1 Å². The third kappa shape index (κ3) is 3.32. The largest absolute Gasteiger partial charge is 0.324 e. The Bertz CT molecular complexity index is 475. The monoisotopic (exact) mass is 265 g/mol. The van der Waals surface area contributed by atoms with Gasteiger partial charge < -0.3 is 5.73 Å². The molecule has 0 saturated carbocycles. The first-order valence-corrected chi connectivity index (χ1v) is 6.97. The van der Waals surface area contributed by atoms with E-state index in [1.165, 1.54) is 9.75 Å². The molecule has 0 spiro atoms. The van der Waals surface area contributed by atoms with Crippen LogP contribution in [-0.4, -0.2) is 0 Å². The Hall–Kier alpha value is -0.830. The van der Waals surface area contributed by atoms with E-state index in [1.54, 1.807) is 0 Å². The van der Waals surface area contributed by atoms with E-state index in [0.717, 1.165) is 23.4 Å². The molecule has 90 valence electrons. The Morgan fingerprint density at radius 1 is 1.12 bits per heavy atom. The zero-order valence-electron chi connectivity index (χ0n) is 9.82. The molecule has 3 heteroatoms. The maximum absolute atomic E-state index is 6.19. The minimum atomic E-state index is 0.0515. The number of nitrogens with two attached hydrogens (primary N) is 1. The standard InChI is InChI=1S/C14H16ClNS/c1-2-12-7-8-13(17-12)9-14(16)10-3-5-11(15)6-4-10/h3-8,14H,2,9,16H2,1H3. The summed E-state index contributed by atoms with van der Waals surface area (Å²) >= 11 is 7.71. The number of hydrogen-bond donors (Lipinski definition) is 1. The summed E-state index contributed by atoms with van der Waals surface area (Å²) in [6.07, 6.45) is 1.99. The lowest BCUT2D eigenvalue weighted by atomic mass is 10.0. The first-order valence-electron chi connectivity index (χ1n) is 5.77. The summed E-state index contributed by atoms with van der Waals surface area (Å²) in [7, 11) is 0. The Morgan fingerprint density at radius 2 is 1.76 bits per heavy atom. The summed E-state index contributed by atoms with van der Waals surface area (Å²) in [5.74, 6) is 0. The minimum absolute atomic E-state index is 0.0515. The molecule has 0 aliphatic heterocycles. The summed E-state index contributed by atoms with van der Waals surface area (Å²) in [5.41, 5.74) is 7.33. The van der Waals surface area contributed by atoms with Gasteiger partial charge in [0.05, 0.1) is 0 Å². The van der Waals surface area contributed by atoms with E-state index in [9.17, 15) is 0 Å². The average molecular weight is 266 g/mol. The van der Waals surface area contributed by atoms with E-state index in [4.69, 9.17) is 17.3 Å². The molecule has 0 aliphatic carbocycles. The fourth-order valence-corrected chi connectivity index (χ4v) is 2.91. The zero-order chi connectivity index (χ0) is 12.3. The number of rotatable bonds is 4. The molecule has 2 rings (SSSR count). The molecule has 1 aromatic carbocycles. The smallest absolute Gasteiger partial charge is 0.0406 e. The van der Waals surface area contributed by atoms with Crippen LogP contribution < -0.4 is 5.73 Å². The number of halogens is 1. The fraction of sp³-hybridized carbons (Fsp3) is 0.286. The zero-order valence-corrected chi connectivity index (χ0v) is 11.4. The van der Waals surface area contributed by atoms with Crippen LogP contribution >= 0.6 is 22.9 Å². The molecule has 0 radical (unpaired) electrons. The molecule has 0 aliphatic rings. The van der Waals surface area contributed by atoms with Crippen molar-refractivity contribution in [2.24, 2.45) is 5.73 Å². The molecule has 0 amide bonds. The van der Waals surface area contributed by atoms with E-state index >= 15 is 0 Å². The van der Waals surface area contributed by atoms with Gasteiger partial charge in [-0.3, -0.25) is 0 Å². The summed E-state index contributed by atoms with van der Waals surface area (Å²) in [6.45, 7) is 2.18. The molecule has 1 nitrogen and oxygen atoms in total. The SMILES string of the molecule is CCc1ccc(CC(N)c2ccc(Cl)cc2)s1. The number of hydrogen-bond acceptors (Lipinski definition) is 2. The second kappa shape index (κ2) is 5.67. The van der Waals surface area contributed by atoms with Gasteiger partial charge in [0.2, 0.25) is 0 Å². The van der Waals surface area contributed by atoms with Crippen LogP contribution in [0.3, 0.4) is 0 Å². The van der Waals surface area contributed by atoms with Crippen molar-refractivity contribution >= 4 is 22.9 Å². The predicted molar refractivity (Wildman–Crippen MR) is 75.8 cm³/mol. The summed E-state index contributed by atoms with van der Waals surface area (Å²) < 4.78 is 0. The highest BCUT2D eigenvalue weighted by Gasteiger charge is 2.08. The lowest BCUT2D eigenvalue weighted by Crippen LogP contribution is -2.12. The van der Waals surface area contributed by atoms with Crippen LogP contribution in [-0.2, 0) is 12.8 Å². The van der Waals surface area contributed by atoms with Crippen LogP contribution in [0.4, 0.5) is 0 Å². The molecule has 0 saturated heterocycles. The molecular weight excluding hydrogens is 250 g/mol. The van der Waals surface area contributed by atoms with Gasteiger partial charge >= 0.3 is 0 Å². The molecule has 0 fully saturated rings. The van der Waals surface area contributed by atoms with Crippen molar-refractivity contribution in [3.05, 3.63) is 56.7 Å². The van der Waals surface area contributed by atoms with Gasteiger partial charge in [0, 0.05) is 27.2 Å². The second-order valence-electron chi connectivity index (χ2n) is 4.08. The third-order valence-electron chi connectivity index (χ3n) is 2.79. The Balaban J connectivity index is 2.05. The Morgan fingerprint density at radius 3 is 2.35 bits per heavy atom. The topological polar surface area (TPSA) is 26.0 Å². The highest BCUT2D eigenvalue weighted by molar-refractivity contribution is 7.11. The van der Waals surface area contributed by atoms with Crippen LogP contribution in [0.2, 0.25) is 5.02 Å². The molecule has 1 aromatic heterocycles. The van der Waals surface area contributed by atoms with Crippen molar-refractivity contribution in [3.8, 4) is 0 Å². The fourth-order valence-electron chi connectivity index (χ4n) is 1.77. The molecule has 1 heterocycles. The number of aryl methyl sites for hydroxylation is 1. The van der Waals surface area contributed by atoms with Crippen molar-refractivity contribution in [1.82, 2.24) is 0 Å². The van der Waals surface area contributed by atoms with Crippen LogP contribution in [0.1, 0.15) is 28.3 Å². The molecule has 1 atom stereocenters. The first kappa shape index (κ1) is 12.6. The lowest BCUT2D eigenvalue weighted by Gasteiger charge is -2.10. The van der Waals surface area contributed by atoms with Crippen molar-refractivity contribution < 1.29 is 0 Å². The summed E-state index contributed by atoms with van der Waals surface area (Å²) in [4.78, 5) is 2.77. The van der Waals surface area contributed by atoms with Crippen molar-refractivity contribution in [1.29, 1.82) is 0 Å². The van der Waals surface area contributed by atoms with Gasteiger partial charge in [-0.1, -0.05) is 30.7 Å². The van der Waals surface area contributed by atoms with Gasteiger partial charge in [0.25, 0.3) is 0 Å². The molecule has 17 heavy (non-hydrogen) atoms. The second-order valence-corrected chi connectivity index (χ2v) is 5.77. The van der Waals surface area contributed by atoms with Crippen molar-refractivity contribution in [2.45, 2.75) is 25.8 Å². The predicted octanol–water partition coefficient (Wildman–Crippen LogP) is 4.21. The summed E-state index contributed by atoms with van der Waals surface area (Å²) in [5, 5.41) is 0.755. The Kier molecular flexibility index (Phi) is 4.21. The number of thiophene rings is 1. The molecule has 2 aromatic rings. The van der Waals surface area contributed by atoms with Crippen LogP contribution in [0, 0.1) is 0 Å². The van der Waals surface area contributed by atoms with E-state index in [0.29, 0.717) is 0 Å². The van der Waals surface area contributed by atoms with Gasteiger partial charge in [-0.2, -0.15) is 0 Å². The minimum Gasteiger partial charge on any atom is -0.324 e.